The first-order valence-electron chi connectivity index (χ1n) is 8.02. The first-order valence-corrected chi connectivity index (χ1v) is 8.02. The number of H-pyrrole nitrogens is 1. The molecule has 0 spiro atoms. The van der Waals surface area contributed by atoms with Gasteiger partial charge in [0.15, 0.2) is 11.6 Å². The zero-order chi connectivity index (χ0) is 20.0. The van der Waals surface area contributed by atoms with Gasteiger partial charge < -0.3 is 10.7 Å². The molecule has 29 heavy (non-hydrogen) atoms. The molecule has 0 saturated heterocycles. The van der Waals surface area contributed by atoms with Crippen molar-refractivity contribution in [1.29, 1.82) is 0 Å². The maximum absolute atomic E-state index is 14.3. The fraction of sp³-hybridized carbons (Fsp3) is 0.0500. The van der Waals surface area contributed by atoms with E-state index in [1.165, 1.54) is 24.4 Å². The number of carbonyl (C=O) groups is 1. The lowest BCUT2D eigenvalue weighted by molar-refractivity contribution is 0.1000. The van der Waals surface area contributed by atoms with Gasteiger partial charge in [-0.15, -0.1) is 0 Å². The van der Waals surface area contributed by atoms with Crippen LogP contribution in [0.2, 0.25) is 0 Å². The largest absolute Gasteiger partial charge is 0.366 e. The van der Waals surface area contributed by atoms with Crippen LogP contribution in [0.5, 0.6) is 0 Å². The molecule has 2 heterocycles. The summed E-state index contributed by atoms with van der Waals surface area (Å²) in [5.74, 6) is -3.45. The Bertz CT molecular complexity index is 1290. The van der Waals surface area contributed by atoms with E-state index in [0.717, 1.165) is 28.9 Å². The summed E-state index contributed by atoms with van der Waals surface area (Å²) >= 11 is 0. The Morgan fingerprint density at radius 2 is 1.76 bits per heavy atom. The number of benzene rings is 2. The third kappa shape index (κ3) is 3.27. The number of nitrogens with zero attached hydrogens (tertiary/aromatic N) is 2. The molecule has 0 fully saturated rings. The van der Waals surface area contributed by atoms with Crippen LogP contribution >= 0.6 is 0 Å². The van der Waals surface area contributed by atoms with Crippen LogP contribution in [0.25, 0.3) is 27.8 Å². The molecule has 3 N–H and O–H groups in total. The van der Waals surface area contributed by atoms with Crippen molar-refractivity contribution in [3.63, 3.8) is 0 Å². The normalized spacial score (nSPS) is 10.7. The molecular weight excluding hydrogens is 385 g/mol. The second-order valence-corrected chi connectivity index (χ2v) is 5.99. The number of para-hydroxylation sites is 1. The minimum atomic E-state index is -0.895. The molecule has 4 aromatic rings. The monoisotopic (exact) mass is 400 g/mol. The third-order valence-electron chi connectivity index (χ3n) is 4.21. The van der Waals surface area contributed by atoms with Crippen molar-refractivity contribution in [2.45, 2.75) is 7.43 Å². The zero-order valence-electron chi connectivity index (χ0n) is 14.0. The smallest absolute Gasteiger partial charge is 0.259 e. The quantitative estimate of drug-likeness (QED) is 0.551. The van der Waals surface area contributed by atoms with E-state index < -0.39 is 34.6 Å². The Labute approximate surface area is 162 Å². The lowest BCUT2D eigenvalue weighted by atomic mass is 10.1. The number of amides is 1. The molecule has 4 rings (SSSR count). The van der Waals surface area contributed by atoms with Crippen LogP contribution in [-0.2, 0) is 0 Å². The van der Waals surface area contributed by atoms with E-state index in [1.54, 1.807) is 0 Å². The number of nitrogens with one attached hydrogen (secondary N) is 1. The van der Waals surface area contributed by atoms with Crippen LogP contribution in [0.1, 0.15) is 17.8 Å². The van der Waals surface area contributed by atoms with Gasteiger partial charge in [-0.25, -0.2) is 17.9 Å². The van der Waals surface area contributed by atoms with Crippen LogP contribution in [-0.4, -0.2) is 20.7 Å². The number of primary amides is 1. The van der Waals surface area contributed by atoms with Crippen molar-refractivity contribution in [2.75, 3.05) is 0 Å². The van der Waals surface area contributed by atoms with Crippen molar-refractivity contribution < 1.29 is 18.0 Å². The van der Waals surface area contributed by atoms with E-state index in [0.29, 0.717) is 0 Å². The topological polar surface area (TPSA) is 93.8 Å². The van der Waals surface area contributed by atoms with Gasteiger partial charge >= 0.3 is 0 Å². The summed E-state index contributed by atoms with van der Waals surface area (Å²) in [7, 11) is 0. The molecule has 0 aliphatic rings. The number of halogens is 3. The second-order valence-electron chi connectivity index (χ2n) is 5.99. The number of pyridine rings is 1. The van der Waals surface area contributed by atoms with Gasteiger partial charge in [0.2, 0.25) is 5.91 Å². The van der Waals surface area contributed by atoms with E-state index in [2.05, 4.69) is 10.1 Å². The Hall–Kier alpha value is -3.88. The number of aromatic nitrogens is 3. The second kappa shape index (κ2) is 7.27. The lowest BCUT2D eigenvalue weighted by Gasteiger charge is -2.06. The van der Waals surface area contributed by atoms with Crippen molar-refractivity contribution in [3.05, 3.63) is 82.0 Å². The number of hydrogen-bond donors (Lipinski definition) is 2. The molecule has 0 aliphatic heterocycles. The molecule has 9 heteroatoms. The summed E-state index contributed by atoms with van der Waals surface area (Å²) in [5, 5.41) is 4.13. The van der Waals surface area contributed by atoms with E-state index in [4.69, 9.17) is 5.73 Å². The first kappa shape index (κ1) is 19.9. The Kier molecular flexibility index (Phi) is 4.98. The molecule has 1 amide bonds. The predicted molar refractivity (Wildman–Crippen MR) is 102 cm³/mol. The third-order valence-corrected chi connectivity index (χ3v) is 4.21. The lowest BCUT2D eigenvalue weighted by Crippen LogP contribution is -2.11. The van der Waals surface area contributed by atoms with E-state index >= 15 is 0 Å². The van der Waals surface area contributed by atoms with Gasteiger partial charge in [-0.1, -0.05) is 13.5 Å². The molecular formula is C20H15F3N4O2. The van der Waals surface area contributed by atoms with Crippen molar-refractivity contribution in [3.8, 4) is 16.9 Å². The highest BCUT2D eigenvalue weighted by atomic mass is 19.1. The standard InChI is InChI=1S/C19H11F3N4O2.CH4/c20-11-7-9(6-10(8-11)18(23)27)16-15-14(4-5-24-19(15)28)26(25-16)17-12(21)2-1-3-13(17)22;/h1-8H,(H2,23,27)(H,24,28);1H4. The van der Waals surface area contributed by atoms with Crippen LogP contribution in [0.4, 0.5) is 13.2 Å². The van der Waals surface area contributed by atoms with Gasteiger partial charge in [-0.05, 0) is 36.4 Å². The number of aromatic amines is 1. The molecule has 6 nitrogen and oxygen atoms in total. The van der Waals surface area contributed by atoms with Gasteiger partial charge in [0.05, 0.1) is 10.9 Å². The number of hydrogen-bond acceptors (Lipinski definition) is 3. The molecule has 0 bridgehead atoms. The van der Waals surface area contributed by atoms with Gasteiger partial charge in [-0.2, -0.15) is 5.10 Å². The summed E-state index contributed by atoms with van der Waals surface area (Å²) < 4.78 is 43.5. The number of nitrogens with two attached hydrogens (primary N) is 1. The fourth-order valence-electron chi connectivity index (χ4n) is 3.01. The molecule has 2 aromatic heterocycles. The molecule has 2 aromatic carbocycles. The maximum Gasteiger partial charge on any atom is 0.259 e. The summed E-state index contributed by atoms with van der Waals surface area (Å²) in [4.78, 5) is 26.3. The summed E-state index contributed by atoms with van der Waals surface area (Å²) in [6.07, 6.45) is 1.30. The van der Waals surface area contributed by atoms with Gasteiger partial charge in [-0.3, -0.25) is 9.59 Å². The molecule has 0 aliphatic carbocycles. The van der Waals surface area contributed by atoms with E-state index in [1.807, 2.05) is 0 Å². The Morgan fingerprint density at radius 1 is 1.07 bits per heavy atom. The average Bonchev–Trinajstić information content (AvgIpc) is 3.02. The van der Waals surface area contributed by atoms with Crippen LogP contribution in [0.3, 0.4) is 0 Å². The number of rotatable bonds is 3. The predicted octanol–water partition coefficient (Wildman–Crippen LogP) is 3.53. The van der Waals surface area contributed by atoms with Crippen molar-refractivity contribution >= 4 is 16.8 Å². The van der Waals surface area contributed by atoms with Crippen LogP contribution < -0.4 is 11.3 Å². The summed E-state index contributed by atoms with van der Waals surface area (Å²) in [5.41, 5.74) is 4.10. The van der Waals surface area contributed by atoms with Gasteiger partial charge in [0.25, 0.3) is 5.56 Å². The van der Waals surface area contributed by atoms with Crippen LogP contribution in [0.15, 0.2) is 53.5 Å². The minimum absolute atomic E-state index is 0. The minimum Gasteiger partial charge on any atom is -0.366 e. The SMILES string of the molecule is C.NC(=O)c1cc(F)cc(-c2nn(-c3c(F)cccc3F)c3cc[nH]c(=O)c23)c1. The average molecular weight is 400 g/mol. The molecule has 0 unspecified atom stereocenters. The molecule has 148 valence electrons. The highest BCUT2D eigenvalue weighted by Crippen LogP contribution is 2.30. The van der Waals surface area contributed by atoms with Crippen molar-refractivity contribution in [2.24, 2.45) is 5.73 Å². The first-order chi connectivity index (χ1) is 13.4. The molecule has 0 atom stereocenters. The highest BCUT2D eigenvalue weighted by Gasteiger charge is 2.21. The van der Waals surface area contributed by atoms with Crippen LogP contribution in [0, 0.1) is 17.5 Å². The Balaban J connectivity index is 0.00000240. The number of carbonyl (C=O) groups excluding carboxylic acids is 1. The number of fused-ring (bicyclic) bond motifs is 1. The Morgan fingerprint density at radius 3 is 2.41 bits per heavy atom. The summed E-state index contributed by atoms with van der Waals surface area (Å²) in [6.45, 7) is 0. The van der Waals surface area contributed by atoms with Crippen molar-refractivity contribution in [1.82, 2.24) is 14.8 Å². The fourth-order valence-corrected chi connectivity index (χ4v) is 3.01. The van der Waals surface area contributed by atoms with Gasteiger partial charge in [0.1, 0.15) is 17.2 Å². The molecule has 0 saturated carbocycles. The zero-order valence-corrected chi connectivity index (χ0v) is 14.0. The van der Waals surface area contributed by atoms with E-state index in [-0.39, 0.29) is 35.2 Å². The van der Waals surface area contributed by atoms with Gasteiger partial charge in [0, 0.05) is 17.3 Å². The molecule has 0 radical (unpaired) electrons. The maximum atomic E-state index is 14.3. The van der Waals surface area contributed by atoms with E-state index in [9.17, 15) is 22.8 Å². The highest BCUT2D eigenvalue weighted by molar-refractivity contribution is 5.97. The summed E-state index contributed by atoms with van der Waals surface area (Å²) in [6, 6.07) is 7.93.